The molecule has 110 valence electrons. The van der Waals surface area contributed by atoms with Crippen LogP contribution in [0, 0.1) is 5.41 Å². The Morgan fingerprint density at radius 1 is 1.50 bits per heavy atom. The molecule has 1 aliphatic carbocycles. The third-order valence-corrected chi connectivity index (χ3v) is 4.54. The quantitative estimate of drug-likeness (QED) is 0.901. The van der Waals surface area contributed by atoms with E-state index < -0.39 is 5.41 Å². The normalized spacial score (nSPS) is 25.6. The van der Waals surface area contributed by atoms with Crippen molar-refractivity contribution in [3.63, 3.8) is 0 Å². The number of hydrogen-bond acceptors (Lipinski definition) is 3. The fourth-order valence-corrected chi connectivity index (χ4v) is 3.15. The van der Waals surface area contributed by atoms with Gasteiger partial charge in [0.2, 0.25) is 5.91 Å². The van der Waals surface area contributed by atoms with Crippen molar-refractivity contribution in [2.45, 2.75) is 32.2 Å². The van der Waals surface area contributed by atoms with E-state index in [0.29, 0.717) is 5.02 Å². The molecule has 1 amide bonds. The first-order valence-corrected chi connectivity index (χ1v) is 7.27. The van der Waals surface area contributed by atoms with Crippen molar-refractivity contribution in [3.8, 4) is 0 Å². The topological polar surface area (TPSA) is 58.4 Å². The van der Waals surface area contributed by atoms with Gasteiger partial charge in [-0.3, -0.25) is 4.79 Å². The van der Waals surface area contributed by atoms with Gasteiger partial charge in [0, 0.05) is 20.1 Å². The average Bonchev–Trinajstić information content (AvgIpc) is 2.70. The molecular weight excluding hydrogens is 274 g/mol. The molecule has 0 aromatic heterocycles. The van der Waals surface area contributed by atoms with Gasteiger partial charge in [-0.2, -0.15) is 0 Å². The number of benzene rings is 1. The molecule has 0 radical (unpaired) electrons. The molecule has 0 saturated heterocycles. The van der Waals surface area contributed by atoms with Crippen molar-refractivity contribution in [2.24, 2.45) is 11.1 Å². The Bertz CT molecular complexity index is 518. The van der Waals surface area contributed by atoms with Crippen molar-refractivity contribution < 1.29 is 4.79 Å². The molecule has 0 aliphatic heterocycles. The zero-order chi connectivity index (χ0) is 14.9. The summed E-state index contributed by atoms with van der Waals surface area (Å²) in [5.74, 6) is -0.0205. The minimum absolute atomic E-state index is 0.0205. The van der Waals surface area contributed by atoms with Crippen LogP contribution in [0.4, 0.5) is 11.4 Å². The summed E-state index contributed by atoms with van der Waals surface area (Å²) in [5.41, 5.74) is 7.15. The summed E-state index contributed by atoms with van der Waals surface area (Å²) in [6, 6.07) is 5.44. The third kappa shape index (κ3) is 2.63. The Balaban J connectivity index is 2.27. The van der Waals surface area contributed by atoms with E-state index in [-0.39, 0.29) is 11.9 Å². The molecule has 1 aromatic rings. The summed E-state index contributed by atoms with van der Waals surface area (Å²) in [5, 5.41) is 3.62. The molecule has 0 spiro atoms. The molecule has 2 atom stereocenters. The summed E-state index contributed by atoms with van der Waals surface area (Å²) in [7, 11) is 3.81. The highest BCUT2D eigenvalue weighted by Crippen LogP contribution is 2.39. The second-order valence-corrected chi connectivity index (χ2v) is 6.31. The molecule has 2 unspecified atom stereocenters. The summed E-state index contributed by atoms with van der Waals surface area (Å²) < 4.78 is 0. The molecule has 2 rings (SSSR count). The third-order valence-electron chi connectivity index (χ3n) is 4.23. The SMILES string of the molecule is CN(C)c1c(Cl)cccc1NC(=O)C1(C)CCCC1N. The van der Waals surface area contributed by atoms with Gasteiger partial charge in [-0.15, -0.1) is 0 Å². The number of para-hydroxylation sites is 1. The van der Waals surface area contributed by atoms with E-state index in [0.717, 1.165) is 30.6 Å². The van der Waals surface area contributed by atoms with Crippen LogP contribution >= 0.6 is 11.6 Å². The van der Waals surface area contributed by atoms with Crippen LogP contribution in [0.2, 0.25) is 5.02 Å². The number of nitrogens with zero attached hydrogens (tertiary/aromatic N) is 1. The summed E-state index contributed by atoms with van der Waals surface area (Å²) in [4.78, 5) is 14.5. The molecule has 0 heterocycles. The minimum atomic E-state index is -0.494. The molecule has 1 fully saturated rings. The van der Waals surface area contributed by atoms with E-state index in [1.54, 1.807) is 0 Å². The van der Waals surface area contributed by atoms with Gasteiger partial charge in [0.15, 0.2) is 0 Å². The van der Waals surface area contributed by atoms with Gasteiger partial charge >= 0.3 is 0 Å². The molecular formula is C15H22ClN3O. The highest BCUT2D eigenvalue weighted by atomic mass is 35.5. The number of nitrogens with one attached hydrogen (secondary N) is 1. The lowest BCUT2D eigenvalue weighted by Gasteiger charge is -2.29. The van der Waals surface area contributed by atoms with Crippen LogP contribution < -0.4 is 16.0 Å². The van der Waals surface area contributed by atoms with Gasteiger partial charge < -0.3 is 16.0 Å². The molecule has 1 aromatic carbocycles. The lowest BCUT2D eigenvalue weighted by molar-refractivity contribution is -0.125. The van der Waals surface area contributed by atoms with E-state index in [1.807, 2.05) is 44.1 Å². The van der Waals surface area contributed by atoms with E-state index >= 15 is 0 Å². The van der Waals surface area contributed by atoms with Gasteiger partial charge in [-0.05, 0) is 31.9 Å². The first kappa shape index (κ1) is 15.1. The van der Waals surface area contributed by atoms with Crippen LogP contribution in [-0.2, 0) is 4.79 Å². The first-order chi connectivity index (χ1) is 9.36. The van der Waals surface area contributed by atoms with Gasteiger partial charge in [-0.25, -0.2) is 0 Å². The highest BCUT2D eigenvalue weighted by Gasteiger charge is 2.43. The largest absolute Gasteiger partial charge is 0.375 e. The smallest absolute Gasteiger partial charge is 0.231 e. The molecule has 4 nitrogen and oxygen atoms in total. The number of hydrogen-bond donors (Lipinski definition) is 2. The first-order valence-electron chi connectivity index (χ1n) is 6.89. The molecule has 5 heteroatoms. The second kappa shape index (κ2) is 5.62. The lowest BCUT2D eigenvalue weighted by atomic mass is 9.84. The van der Waals surface area contributed by atoms with Crippen molar-refractivity contribution in [3.05, 3.63) is 23.2 Å². The second-order valence-electron chi connectivity index (χ2n) is 5.90. The average molecular weight is 296 g/mol. The number of amides is 1. The fraction of sp³-hybridized carbons (Fsp3) is 0.533. The van der Waals surface area contributed by atoms with E-state index in [1.165, 1.54) is 0 Å². The van der Waals surface area contributed by atoms with E-state index in [4.69, 9.17) is 17.3 Å². The molecule has 20 heavy (non-hydrogen) atoms. The number of carbonyl (C=O) groups excluding carboxylic acids is 1. The van der Waals surface area contributed by atoms with Crippen LogP contribution in [0.15, 0.2) is 18.2 Å². The zero-order valence-corrected chi connectivity index (χ0v) is 13.0. The Labute approximate surface area is 125 Å². The van der Waals surface area contributed by atoms with Crippen LogP contribution in [0.25, 0.3) is 0 Å². The van der Waals surface area contributed by atoms with Crippen molar-refractivity contribution >= 4 is 28.9 Å². The van der Waals surface area contributed by atoms with Crippen molar-refractivity contribution in [2.75, 3.05) is 24.3 Å². The number of nitrogens with two attached hydrogens (primary N) is 1. The maximum Gasteiger partial charge on any atom is 0.231 e. The Kier molecular flexibility index (Phi) is 4.25. The maximum absolute atomic E-state index is 12.6. The molecule has 1 aliphatic rings. The number of anilines is 2. The van der Waals surface area contributed by atoms with Gasteiger partial charge in [0.25, 0.3) is 0 Å². The monoisotopic (exact) mass is 295 g/mol. The molecule has 3 N–H and O–H groups in total. The van der Waals surface area contributed by atoms with E-state index in [2.05, 4.69) is 5.32 Å². The van der Waals surface area contributed by atoms with Crippen LogP contribution in [0.5, 0.6) is 0 Å². The van der Waals surface area contributed by atoms with Crippen molar-refractivity contribution in [1.82, 2.24) is 0 Å². The predicted octanol–water partition coefficient (Wildman–Crippen LogP) is 2.86. The lowest BCUT2D eigenvalue weighted by Crippen LogP contribution is -2.44. The Morgan fingerprint density at radius 2 is 2.20 bits per heavy atom. The summed E-state index contributed by atoms with van der Waals surface area (Å²) in [6.07, 6.45) is 2.74. The van der Waals surface area contributed by atoms with Gasteiger partial charge in [0.05, 0.1) is 21.8 Å². The predicted molar refractivity (Wildman–Crippen MR) is 84.3 cm³/mol. The van der Waals surface area contributed by atoms with Crippen molar-refractivity contribution in [1.29, 1.82) is 0 Å². The van der Waals surface area contributed by atoms with Crippen LogP contribution in [0.3, 0.4) is 0 Å². The molecule has 1 saturated carbocycles. The summed E-state index contributed by atoms with van der Waals surface area (Å²) in [6.45, 7) is 1.94. The van der Waals surface area contributed by atoms with E-state index in [9.17, 15) is 4.79 Å². The summed E-state index contributed by atoms with van der Waals surface area (Å²) >= 11 is 6.21. The Hall–Kier alpha value is -1.26. The standard InChI is InChI=1S/C15H22ClN3O/c1-15(9-5-8-12(15)17)14(20)18-11-7-4-6-10(16)13(11)19(2)3/h4,6-7,12H,5,8-9,17H2,1-3H3,(H,18,20). The van der Waals surface area contributed by atoms with Gasteiger partial charge in [0.1, 0.15) is 0 Å². The highest BCUT2D eigenvalue weighted by molar-refractivity contribution is 6.34. The zero-order valence-electron chi connectivity index (χ0n) is 12.2. The van der Waals surface area contributed by atoms with Crippen LogP contribution in [-0.4, -0.2) is 26.0 Å². The fourth-order valence-electron chi connectivity index (χ4n) is 2.81. The number of rotatable bonds is 3. The number of carbonyl (C=O) groups is 1. The van der Waals surface area contributed by atoms with Gasteiger partial charge in [-0.1, -0.05) is 24.1 Å². The minimum Gasteiger partial charge on any atom is -0.375 e. The number of halogens is 1. The van der Waals surface area contributed by atoms with Crippen LogP contribution in [0.1, 0.15) is 26.2 Å². The maximum atomic E-state index is 12.6. The Morgan fingerprint density at radius 3 is 2.75 bits per heavy atom. The molecule has 0 bridgehead atoms.